The fourth-order valence-corrected chi connectivity index (χ4v) is 6.31. The lowest BCUT2D eigenvalue weighted by Crippen LogP contribution is -2.40. The molecule has 4 aromatic heterocycles. The summed E-state index contributed by atoms with van der Waals surface area (Å²) in [5.41, 5.74) is 1.28. The van der Waals surface area contributed by atoms with Crippen LogP contribution in [0.15, 0.2) is 47.8 Å². The Morgan fingerprint density at radius 3 is 2.73 bits per heavy atom. The molecule has 0 aliphatic carbocycles. The minimum Gasteiger partial charge on any atom is -0.504 e. The van der Waals surface area contributed by atoms with Crippen LogP contribution in [0.2, 0.25) is 5.02 Å². The van der Waals surface area contributed by atoms with Gasteiger partial charge in [-0.25, -0.2) is 15.0 Å². The number of ether oxygens (including phenoxy) is 1. The highest BCUT2D eigenvalue weighted by atomic mass is 35.5. The van der Waals surface area contributed by atoms with Crippen LogP contribution in [0.25, 0.3) is 22.9 Å². The monoisotopic (exact) mass is 696 g/mol. The third-order valence-corrected chi connectivity index (χ3v) is 8.70. The van der Waals surface area contributed by atoms with Gasteiger partial charge in [-0.05, 0) is 36.6 Å². The summed E-state index contributed by atoms with van der Waals surface area (Å²) in [7, 11) is 0. The number of fused-ring (bicyclic) bond motifs is 2. The Morgan fingerprint density at radius 2 is 2.02 bits per heavy atom. The maximum atomic E-state index is 14.3. The topological polar surface area (TPSA) is 158 Å². The van der Waals surface area contributed by atoms with Crippen molar-refractivity contribution in [3.63, 3.8) is 0 Å². The number of rotatable bonds is 7. The Bertz CT molecular complexity index is 2190. The Kier molecular flexibility index (Phi) is 8.32. The van der Waals surface area contributed by atoms with Crippen LogP contribution in [0.4, 0.5) is 24.5 Å². The van der Waals surface area contributed by atoms with Crippen LogP contribution in [0.3, 0.4) is 0 Å². The number of anilines is 2. The molecule has 0 unspecified atom stereocenters. The second kappa shape index (κ2) is 12.6. The molecule has 1 aromatic carbocycles. The lowest BCUT2D eigenvalue weighted by molar-refractivity contribution is -0.137. The van der Waals surface area contributed by atoms with E-state index in [4.69, 9.17) is 16.3 Å². The summed E-state index contributed by atoms with van der Waals surface area (Å²) in [5, 5.41) is 17.2. The van der Waals surface area contributed by atoms with Gasteiger partial charge in [0.05, 0.1) is 59.8 Å². The van der Waals surface area contributed by atoms with Crippen LogP contribution in [-0.4, -0.2) is 69.5 Å². The van der Waals surface area contributed by atoms with E-state index in [0.29, 0.717) is 62.2 Å². The second-order valence-electron chi connectivity index (χ2n) is 11.4. The van der Waals surface area contributed by atoms with E-state index in [1.807, 2.05) is 22.5 Å². The van der Waals surface area contributed by atoms with E-state index in [9.17, 15) is 27.9 Å². The van der Waals surface area contributed by atoms with Gasteiger partial charge in [0.25, 0.3) is 5.56 Å². The third-order valence-electron chi connectivity index (χ3n) is 8.39. The number of hydrogen-bond donors (Lipinski definition) is 2. The first-order valence-electron chi connectivity index (χ1n) is 15.3. The molecule has 2 aliphatic rings. The number of nitrogens with zero attached hydrogens (tertiary/aromatic N) is 9. The van der Waals surface area contributed by atoms with E-state index in [-0.39, 0.29) is 41.0 Å². The van der Waals surface area contributed by atoms with Crippen molar-refractivity contribution in [2.75, 3.05) is 30.0 Å². The molecule has 5 aromatic rings. The fraction of sp³-hybridized carbons (Fsp3) is 0.323. The van der Waals surface area contributed by atoms with E-state index in [0.717, 1.165) is 29.5 Å². The van der Waals surface area contributed by atoms with Gasteiger partial charge in [-0.2, -0.15) is 22.7 Å². The van der Waals surface area contributed by atoms with Gasteiger partial charge in [0.1, 0.15) is 18.6 Å². The molecule has 6 heterocycles. The van der Waals surface area contributed by atoms with Gasteiger partial charge in [-0.1, -0.05) is 24.6 Å². The normalized spacial score (nSPS) is 15.0. The number of amides is 1. The number of halogens is 4. The summed E-state index contributed by atoms with van der Waals surface area (Å²) in [5.74, 6) is 0.198. The fourth-order valence-electron chi connectivity index (χ4n) is 6.08. The predicted molar refractivity (Wildman–Crippen MR) is 171 cm³/mol. The Labute approximate surface area is 280 Å². The minimum atomic E-state index is -4.60. The summed E-state index contributed by atoms with van der Waals surface area (Å²) >= 11 is 6.12. The number of carbonyl (C=O) groups is 1. The Hall–Kier alpha value is -5.29. The maximum absolute atomic E-state index is 14.3. The first-order valence-corrected chi connectivity index (χ1v) is 15.7. The highest BCUT2D eigenvalue weighted by Crippen LogP contribution is 2.34. The lowest BCUT2D eigenvalue weighted by Gasteiger charge is -2.32. The van der Waals surface area contributed by atoms with Gasteiger partial charge in [0.2, 0.25) is 11.7 Å². The van der Waals surface area contributed by atoms with E-state index < -0.39 is 23.2 Å². The lowest BCUT2D eigenvalue weighted by atomic mass is 10.1. The van der Waals surface area contributed by atoms with Crippen LogP contribution in [-0.2, 0) is 41.8 Å². The molecule has 18 heteroatoms. The van der Waals surface area contributed by atoms with Crippen molar-refractivity contribution in [2.45, 2.75) is 45.6 Å². The molecule has 0 saturated heterocycles. The SMILES string of the molecule is CCc1c(N2CCn3c(cnc3-c3ncncc3O)C2)c(=O)n2nc(C3=CCOCC3)nc2n1CC(=O)Nc1ccc(C(F)(F)F)cc1Cl. The molecule has 14 nitrogen and oxygen atoms in total. The number of benzene rings is 1. The minimum absolute atomic E-state index is 0.000610. The van der Waals surface area contributed by atoms with E-state index in [2.05, 4.69) is 30.4 Å². The van der Waals surface area contributed by atoms with E-state index >= 15 is 0 Å². The second-order valence-corrected chi connectivity index (χ2v) is 11.8. The van der Waals surface area contributed by atoms with Gasteiger partial charge < -0.3 is 29.2 Å². The van der Waals surface area contributed by atoms with Crippen molar-refractivity contribution in [2.24, 2.45) is 0 Å². The standard InChI is InChI=1S/C31H28ClF3N10O4/c1-2-22-26(42-7-8-43-19(14-42)12-37-28(43)25-23(46)13-36-16-38-25)29(48)45-30(40-27(41-45)17-5-9-49-10-6-17)44(22)15-24(47)39-21-4-3-18(11-20(21)32)31(33,34)35/h3-5,11-13,16,46H,2,6-10,14-15H2,1H3,(H,39,47). The third kappa shape index (κ3) is 5.99. The summed E-state index contributed by atoms with van der Waals surface area (Å²) in [6.07, 6.45) is 2.35. The molecule has 2 N–H and O–H groups in total. The smallest absolute Gasteiger partial charge is 0.416 e. The zero-order chi connectivity index (χ0) is 34.4. The maximum Gasteiger partial charge on any atom is 0.416 e. The molecule has 7 rings (SSSR count). The Balaban J connectivity index is 1.29. The molecule has 0 bridgehead atoms. The average Bonchev–Trinajstić information content (AvgIpc) is 3.72. The summed E-state index contributed by atoms with van der Waals surface area (Å²) in [6.45, 7) is 3.37. The molecule has 1 amide bonds. The number of aromatic nitrogens is 8. The Morgan fingerprint density at radius 1 is 1.18 bits per heavy atom. The van der Waals surface area contributed by atoms with Crippen LogP contribution in [0.1, 0.15) is 36.1 Å². The van der Waals surface area contributed by atoms with Gasteiger partial charge in [0.15, 0.2) is 23.1 Å². The van der Waals surface area contributed by atoms with Crippen LogP contribution >= 0.6 is 11.6 Å². The molecule has 0 saturated carbocycles. The zero-order valence-corrected chi connectivity index (χ0v) is 26.7. The van der Waals surface area contributed by atoms with Crippen molar-refractivity contribution in [1.82, 2.24) is 38.7 Å². The van der Waals surface area contributed by atoms with Crippen LogP contribution in [0.5, 0.6) is 5.75 Å². The number of nitrogens with one attached hydrogen (secondary N) is 1. The predicted octanol–water partition coefficient (Wildman–Crippen LogP) is 3.95. The highest BCUT2D eigenvalue weighted by molar-refractivity contribution is 6.33. The highest BCUT2D eigenvalue weighted by Gasteiger charge is 2.32. The van der Waals surface area contributed by atoms with Crippen molar-refractivity contribution >= 4 is 40.2 Å². The van der Waals surface area contributed by atoms with Gasteiger partial charge in [-0.15, -0.1) is 5.10 Å². The average molecular weight is 697 g/mol. The largest absolute Gasteiger partial charge is 0.504 e. The molecule has 0 fully saturated rings. The van der Waals surface area contributed by atoms with Gasteiger partial charge in [-0.3, -0.25) is 9.59 Å². The first-order chi connectivity index (χ1) is 23.5. The molecular formula is C31H28ClF3N10O4. The van der Waals surface area contributed by atoms with Crippen LogP contribution < -0.4 is 15.8 Å². The number of aromatic hydroxyl groups is 1. The number of alkyl halides is 3. The van der Waals surface area contributed by atoms with Crippen LogP contribution in [0, 0.1) is 0 Å². The molecular weight excluding hydrogens is 669 g/mol. The van der Waals surface area contributed by atoms with Crippen molar-refractivity contribution in [3.8, 4) is 17.3 Å². The molecule has 254 valence electrons. The quantitative estimate of drug-likeness (QED) is 0.255. The van der Waals surface area contributed by atoms with E-state index in [1.165, 1.54) is 17.0 Å². The number of hydrogen-bond acceptors (Lipinski definition) is 10. The van der Waals surface area contributed by atoms with E-state index in [1.54, 1.807) is 10.8 Å². The summed E-state index contributed by atoms with van der Waals surface area (Å²) in [6, 6.07) is 2.67. The first kappa shape index (κ1) is 32.3. The van der Waals surface area contributed by atoms with Gasteiger partial charge >= 0.3 is 6.18 Å². The number of imidazole rings is 1. The van der Waals surface area contributed by atoms with Gasteiger partial charge in [0, 0.05) is 13.1 Å². The molecule has 0 atom stereocenters. The molecule has 2 aliphatic heterocycles. The van der Waals surface area contributed by atoms with Crippen molar-refractivity contribution in [3.05, 3.63) is 81.1 Å². The molecule has 49 heavy (non-hydrogen) atoms. The van der Waals surface area contributed by atoms with Crippen molar-refractivity contribution in [1.29, 1.82) is 0 Å². The summed E-state index contributed by atoms with van der Waals surface area (Å²) < 4.78 is 49.7. The van der Waals surface area contributed by atoms with Crippen molar-refractivity contribution < 1.29 is 27.8 Å². The number of carbonyl (C=O) groups excluding carboxylic acids is 1. The zero-order valence-electron chi connectivity index (χ0n) is 25.9. The summed E-state index contributed by atoms with van der Waals surface area (Å²) in [4.78, 5) is 46.8. The molecule has 0 spiro atoms. The molecule has 0 radical (unpaired) electrons.